The molecule has 5 nitrogen and oxygen atoms in total. The van der Waals surface area contributed by atoms with Gasteiger partial charge in [-0.2, -0.15) is 0 Å². The van der Waals surface area contributed by atoms with Crippen LogP contribution in [-0.4, -0.2) is 48.3 Å². The number of fused-ring (bicyclic) bond motifs is 1. The average molecular weight is 291 g/mol. The van der Waals surface area contributed by atoms with Crippen LogP contribution in [0.5, 0.6) is 11.5 Å². The molecule has 21 heavy (non-hydrogen) atoms. The Morgan fingerprint density at radius 2 is 2.14 bits per heavy atom. The number of nitrogens with zero attached hydrogens (tertiary/aromatic N) is 1. The number of piperidine rings is 1. The fourth-order valence-corrected chi connectivity index (χ4v) is 2.99. The second kappa shape index (κ2) is 6.35. The minimum absolute atomic E-state index is 0.0464. The Morgan fingerprint density at radius 1 is 1.33 bits per heavy atom. The molecule has 0 aromatic heterocycles. The molecule has 3 rings (SSSR count). The summed E-state index contributed by atoms with van der Waals surface area (Å²) in [6, 6.07) is 7.70. The van der Waals surface area contributed by atoms with Crippen LogP contribution in [0.4, 0.5) is 0 Å². The number of hydrogen-bond acceptors (Lipinski definition) is 4. The first-order chi connectivity index (χ1) is 10.2. The lowest BCUT2D eigenvalue weighted by Crippen LogP contribution is -2.41. The maximum absolute atomic E-state index is 11.1. The summed E-state index contributed by atoms with van der Waals surface area (Å²) < 4.78 is 11.6. The molecule has 2 heterocycles. The number of rotatable bonds is 4. The second-order valence-corrected chi connectivity index (χ2v) is 5.76. The van der Waals surface area contributed by atoms with Gasteiger partial charge in [0, 0.05) is 19.5 Å². The van der Waals surface area contributed by atoms with Gasteiger partial charge >= 0.3 is 5.97 Å². The van der Waals surface area contributed by atoms with Crippen LogP contribution in [0.2, 0.25) is 0 Å². The Labute approximate surface area is 124 Å². The van der Waals surface area contributed by atoms with E-state index in [2.05, 4.69) is 4.90 Å². The highest BCUT2D eigenvalue weighted by Crippen LogP contribution is 2.31. The first-order valence-electron chi connectivity index (χ1n) is 7.56. The minimum atomic E-state index is -0.675. The van der Waals surface area contributed by atoms with Crippen LogP contribution >= 0.6 is 0 Å². The maximum atomic E-state index is 11.1. The Bertz CT molecular complexity index is 505. The van der Waals surface area contributed by atoms with Crippen LogP contribution in [0.3, 0.4) is 0 Å². The first-order valence-corrected chi connectivity index (χ1v) is 7.56. The van der Waals surface area contributed by atoms with E-state index < -0.39 is 5.97 Å². The highest BCUT2D eigenvalue weighted by Gasteiger charge is 2.27. The third kappa shape index (κ3) is 3.47. The van der Waals surface area contributed by atoms with Crippen LogP contribution in [0, 0.1) is 5.92 Å². The Kier molecular flexibility index (Phi) is 4.29. The summed E-state index contributed by atoms with van der Waals surface area (Å²) in [7, 11) is 0. The zero-order valence-corrected chi connectivity index (χ0v) is 12.0. The maximum Gasteiger partial charge on any atom is 0.307 e. The summed E-state index contributed by atoms with van der Waals surface area (Å²) in [4.78, 5) is 13.3. The van der Waals surface area contributed by atoms with Gasteiger partial charge in [0.05, 0.1) is 5.92 Å². The normalized spacial score (nSPS) is 25.5. The zero-order chi connectivity index (χ0) is 14.7. The predicted octanol–water partition coefficient (Wildman–Crippen LogP) is 2.01. The summed E-state index contributed by atoms with van der Waals surface area (Å²) >= 11 is 0. The first kappa shape index (κ1) is 14.2. The summed E-state index contributed by atoms with van der Waals surface area (Å²) in [6.07, 6.45) is 2.66. The van der Waals surface area contributed by atoms with Crippen molar-refractivity contribution in [3.8, 4) is 11.5 Å². The molecule has 2 aliphatic rings. The molecule has 2 atom stereocenters. The summed E-state index contributed by atoms with van der Waals surface area (Å²) in [6.45, 7) is 3.06. The number of likely N-dealkylation sites (tertiary alicyclic amines) is 1. The minimum Gasteiger partial charge on any atom is -0.486 e. The predicted molar refractivity (Wildman–Crippen MR) is 77.8 cm³/mol. The lowest BCUT2D eigenvalue weighted by Gasteiger charge is -2.32. The molecule has 0 saturated carbocycles. The van der Waals surface area contributed by atoms with Crippen LogP contribution in [0.1, 0.15) is 19.3 Å². The van der Waals surface area contributed by atoms with Crippen molar-refractivity contribution in [1.29, 1.82) is 0 Å². The fourth-order valence-electron chi connectivity index (χ4n) is 2.99. The molecule has 2 aliphatic heterocycles. The highest BCUT2D eigenvalue weighted by molar-refractivity contribution is 5.70. The van der Waals surface area contributed by atoms with E-state index >= 15 is 0 Å². The molecule has 1 N–H and O–H groups in total. The third-order valence-electron chi connectivity index (χ3n) is 4.19. The molecule has 2 unspecified atom stereocenters. The number of carboxylic acids is 1. The van der Waals surface area contributed by atoms with Gasteiger partial charge in [-0.05, 0) is 31.5 Å². The summed E-state index contributed by atoms with van der Waals surface area (Å²) in [5, 5.41) is 9.11. The van der Waals surface area contributed by atoms with Crippen LogP contribution < -0.4 is 9.47 Å². The molecule has 1 fully saturated rings. The van der Waals surface area contributed by atoms with E-state index in [9.17, 15) is 4.79 Å². The van der Waals surface area contributed by atoms with Gasteiger partial charge in [0.15, 0.2) is 11.5 Å². The lowest BCUT2D eigenvalue weighted by atomic mass is 9.98. The summed E-state index contributed by atoms with van der Waals surface area (Å²) in [5.74, 6) is 0.711. The number of carboxylic acid groups (broad SMARTS) is 1. The van der Waals surface area contributed by atoms with Crippen molar-refractivity contribution >= 4 is 5.97 Å². The number of carbonyl (C=O) groups is 1. The van der Waals surface area contributed by atoms with E-state index in [4.69, 9.17) is 14.6 Å². The van der Waals surface area contributed by atoms with Crippen molar-refractivity contribution in [1.82, 2.24) is 4.90 Å². The molecular weight excluding hydrogens is 270 g/mol. The number of benzene rings is 1. The molecular formula is C16H21NO4. The number of hydrogen-bond donors (Lipinski definition) is 1. The van der Waals surface area contributed by atoms with Gasteiger partial charge in [-0.25, -0.2) is 0 Å². The van der Waals surface area contributed by atoms with Crippen LogP contribution in [-0.2, 0) is 4.79 Å². The van der Waals surface area contributed by atoms with Gasteiger partial charge in [0.1, 0.15) is 12.7 Å². The van der Waals surface area contributed by atoms with Gasteiger partial charge in [0.25, 0.3) is 0 Å². The summed E-state index contributed by atoms with van der Waals surface area (Å²) in [5.41, 5.74) is 0. The van der Waals surface area contributed by atoms with E-state index in [-0.39, 0.29) is 12.0 Å². The van der Waals surface area contributed by atoms with E-state index in [0.717, 1.165) is 43.9 Å². The molecule has 0 radical (unpaired) electrons. The van der Waals surface area contributed by atoms with Gasteiger partial charge in [0.2, 0.25) is 0 Å². The number of para-hydroxylation sites is 2. The van der Waals surface area contributed by atoms with Crippen molar-refractivity contribution in [3.63, 3.8) is 0 Å². The van der Waals surface area contributed by atoms with Gasteiger partial charge < -0.3 is 19.5 Å². The molecule has 1 saturated heterocycles. The standard InChI is InChI=1S/C16H21NO4/c18-16(19)12-4-3-8-17(10-12)9-7-13-11-20-14-5-1-2-6-15(14)21-13/h1-2,5-6,12-13H,3-4,7-11H2,(H,18,19). The van der Waals surface area contributed by atoms with E-state index in [0.29, 0.717) is 13.2 Å². The van der Waals surface area contributed by atoms with E-state index in [1.54, 1.807) is 0 Å². The molecule has 0 aliphatic carbocycles. The lowest BCUT2D eigenvalue weighted by molar-refractivity contribution is -0.143. The smallest absolute Gasteiger partial charge is 0.307 e. The van der Waals surface area contributed by atoms with E-state index in [1.807, 2.05) is 24.3 Å². The Hall–Kier alpha value is -1.75. The molecule has 5 heteroatoms. The molecule has 1 aromatic rings. The van der Waals surface area contributed by atoms with Crippen molar-refractivity contribution in [2.45, 2.75) is 25.4 Å². The fraction of sp³-hybridized carbons (Fsp3) is 0.562. The Balaban J connectivity index is 1.49. The second-order valence-electron chi connectivity index (χ2n) is 5.76. The SMILES string of the molecule is O=C(O)C1CCCN(CCC2COc3ccccc3O2)C1. The topological polar surface area (TPSA) is 59.0 Å². The van der Waals surface area contributed by atoms with Gasteiger partial charge in [-0.3, -0.25) is 4.79 Å². The quantitative estimate of drug-likeness (QED) is 0.919. The van der Waals surface area contributed by atoms with Crippen LogP contribution in [0.15, 0.2) is 24.3 Å². The number of aliphatic carboxylic acids is 1. The van der Waals surface area contributed by atoms with Crippen LogP contribution in [0.25, 0.3) is 0 Å². The highest BCUT2D eigenvalue weighted by atomic mass is 16.6. The van der Waals surface area contributed by atoms with Crippen molar-refractivity contribution in [2.24, 2.45) is 5.92 Å². The molecule has 0 spiro atoms. The number of ether oxygens (including phenoxy) is 2. The van der Waals surface area contributed by atoms with Gasteiger partial charge in [-0.1, -0.05) is 12.1 Å². The van der Waals surface area contributed by atoms with Crippen molar-refractivity contribution < 1.29 is 19.4 Å². The van der Waals surface area contributed by atoms with Crippen molar-refractivity contribution in [2.75, 3.05) is 26.2 Å². The van der Waals surface area contributed by atoms with Crippen molar-refractivity contribution in [3.05, 3.63) is 24.3 Å². The largest absolute Gasteiger partial charge is 0.486 e. The molecule has 0 amide bonds. The Morgan fingerprint density at radius 3 is 2.95 bits per heavy atom. The molecule has 0 bridgehead atoms. The molecule has 114 valence electrons. The average Bonchev–Trinajstić information content (AvgIpc) is 2.53. The third-order valence-corrected chi connectivity index (χ3v) is 4.19. The molecule has 1 aromatic carbocycles. The van der Waals surface area contributed by atoms with E-state index in [1.165, 1.54) is 0 Å². The van der Waals surface area contributed by atoms with Gasteiger partial charge in [-0.15, -0.1) is 0 Å². The zero-order valence-electron chi connectivity index (χ0n) is 12.0. The monoisotopic (exact) mass is 291 g/mol.